The lowest BCUT2D eigenvalue weighted by Gasteiger charge is -2.35. The molecular weight excluding hydrogens is 384 g/mol. The lowest BCUT2D eigenvalue weighted by atomic mass is 9.85. The lowest BCUT2D eigenvalue weighted by Crippen LogP contribution is -2.32. The van der Waals surface area contributed by atoms with E-state index in [1.165, 1.54) is 41.3 Å². The number of fused-ring (bicyclic) bond motifs is 2. The van der Waals surface area contributed by atoms with Crippen LogP contribution in [0.15, 0.2) is 36.5 Å². The topological polar surface area (TPSA) is 45.3 Å². The van der Waals surface area contributed by atoms with Gasteiger partial charge in [0.2, 0.25) is 0 Å². The van der Waals surface area contributed by atoms with Crippen LogP contribution >= 0.6 is 0 Å². The van der Waals surface area contributed by atoms with Crippen molar-refractivity contribution in [2.24, 2.45) is 0 Å². The molecule has 0 amide bonds. The summed E-state index contributed by atoms with van der Waals surface area (Å²) in [5.74, 6) is -0.287. The summed E-state index contributed by atoms with van der Waals surface area (Å²) in [5.41, 5.74) is 9.04. The van der Waals surface area contributed by atoms with Crippen molar-refractivity contribution in [3.8, 4) is 0 Å². The van der Waals surface area contributed by atoms with Gasteiger partial charge in [0.05, 0.1) is 12.7 Å². The van der Waals surface area contributed by atoms with E-state index in [0.29, 0.717) is 11.6 Å². The second-order valence-electron chi connectivity index (χ2n) is 8.77. The van der Waals surface area contributed by atoms with Crippen molar-refractivity contribution in [3.05, 3.63) is 69.9 Å². The average molecular weight is 419 g/mol. The summed E-state index contributed by atoms with van der Waals surface area (Å²) in [6, 6.07) is 11.2. The largest absolute Gasteiger partial charge is 0.465 e. The van der Waals surface area contributed by atoms with Gasteiger partial charge < -0.3 is 9.72 Å². The van der Waals surface area contributed by atoms with Crippen LogP contribution in [0.5, 0.6) is 0 Å². The first-order valence-electron chi connectivity index (χ1n) is 11.6. The van der Waals surface area contributed by atoms with E-state index in [1.54, 1.807) is 0 Å². The van der Waals surface area contributed by atoms with Gasteiger partial charge in [0.15, 0.2) is 0 Å². The first kappa shape index (κ1) is 21.6. The molecule has 0 saturated carbocycles. The van der Waals surface area contributed by atoms with Gasteiger partial charge in [-0.1, -0.05) is 32.4 Å². The Hall–Kier alpha value is -2.59. The van der Waals surface area contributed by atoms with Crippen LogP contribution in [-0.2, 0) is 30.4 Å². The summed E-state index contributed by atoms with van der Waals surface area (Å²) < 4.78 is 4.90. The number of methoxy groups -OCH3 is 1. The Bertz CT molecular complexity index is 1080. The van der Waals surface area contributed by atoms with Gasteiger partial charge in [-0.2, -0.15) is 0 Å². The fourth-order valence-corrected chi connectivity index (χ4v) is 5.11. The van der Waals surface area contributed by atoms with Gasteiger partial charge in [-0.3, -0.25) is 4.90 Å². The van der Waals surface area contributed by atoms with Crippen molar-refractivity contribution < 1.29 is 9.53 Å². The van der Waals surface area contributed by atoms with Crippen molar-refractivity contribution >= 4 is 16.9 Å². The number of aromatic amines is 1. The Morgan fingerprint density at radius 2 is 1.97 bits per heavy atom. The van der Waals surface area contributed by atoms with Gasteiger partial charge in [-0.25, -0.2) is 4.79 Å². The number of hydrogen-bond acceptors (Lipinski definition) is 3. The number of aromatic nitrogens is 1. The van der Waals surface area contributed by atoms with Crippen LogP contribution in [0.1, 0.15) is 70.9 Å². The number of rotatable bonds is 7. The minimum absolute atomic E-state index is 0.287. The van der Waals surface area contributed by atoms with Gasteiger partial charge in [-0.15, -0.1) is 0 Å². The fourth-order valence-electron chi connectivity index (χ4n) is 5.11. The molecular formula is C27H34N2O2. The van der Waals surface area contributed by atoms with Crippen LogP contribution in [0.3, 0.4) is 0 Å². The van der Waals surface area contributed by atoms with Crippen molar-refractivity contribution in [1.29, 1.82) is 0 Å². The van der Waals surface area contributed by atoms with Crippen LogP contribution in [0.2, 0.25) is 0 Å². The molecule has 3 aromatic rings. The maximum atomic E-state index is 12.0. The Labute approximate surface area is 185 Å². The fraction of sp³-hybridized carbons (Fsp3) is 0.444. The van der Waals surface area contributed by atoms with Gasteiger partial charge in [0, 0.05) is 29.7 Å². The van der Waals surface area contributed by atoms with E-state index < -0.39 is 0 Å². The second kappa shape index (κ2) is 9.27. The zero-order chi connectivity index (χ0) is 22.0. The Morgan fingerprint density at radius 1 is 1.13 bits per heavy atom. The predicted octanol–water partition coefficient (Wildman–Crippen LogP) is 5.63. The lowest BCUT2D eigenvalue weighted by molar-refractivity contribution is 0.0601. The summed E-state index contributed by atoms with van der Waals surface area (Å²) in [5, 5.41) is 1.12. The number of carbonyl (C=O) groups is 1. The van der Waals surface area contributed by atoms with Gasteiger partial charge in [0.1, 0.15) is 0 Å². The first-order chi connectivity index (χ1) is 15.0. The smallest absolute Gasteiger partial charge is 0.337 e. The zero-order valence-corrected chi connectivity index (χ0v) is 19.3. The summed E-state index contributed by atoms with van der Waals surface area (Å²) in [7, 11) is 3.68. The molecule has 1 unspecified atom stereocenters. The molecule has 164 valence electrons. The third-order valence-electron chi connectivity index (χ3n) is 6.86. The molecule has 0 radical (unpaired) electrons. The van der Waals surface area contributed by atoms with Crippen molar-refractivity contribution in [3.63, 3.8) is 0 Å². The number of benzene rings is 2. The number of H-pyrrole nitrogens is 1. The molecule has 1 aromatic heterocycles. The molecule has 4 rings (SSSR count). The molecule has 0 aliphatic carbocycles. The first-order valence-corrected chi connectivity index (χ1v) is 11.6. The van der Waals surface area contributed by atoms with Crippen LogP contribution in [0.4, 0.5) is 0 Å². The Kier molecular flexibility index (Phi) is 6.47. The highest BCUT2D eigenvalue weighted by Crippen LogP contribution is 2.35. The number of hydrogen-bond donors (Lipinski definition) is 1. The molecule has 4 heteroatoms. The molecule has 0 saturated heterocycles. The van der Waals surface area contributed by atoms with Crippen LogP contribution in [0.25, 0.3) is 10.9 Å². The van der Waals surface area contributed by atoms with Crippen LogP contribution in [0, 0.1) is 0 Å². The maximum absolute atomic E-state index is 12.0. The zero-order valence-electron chi connectivity index (χ0n) is 19.3. The number of nitrogens with one attached hydrogen (secondary N) is 1. The van der Waals surface area contributed by atoms with E-state index >= 15 is 0 Å². The molecule has 1 aliphatic rings. The monoisotopic (exact) mass is 418 g/mol. The highest BCUT2D eigenvalue weighted by Gasteiger charge is 2.26. The molecule has 31 heavy (non-hydrogen) atoms. The summed E-state index contributed by atoms with van der Waals surface area (Å²) in [4.78, 5) is 17.9. The molecule has 1 N–H and O–H groups in total. The number of likely N-dealkylation sites (N-methyl/N-ethyl adjacent to an activating group) is 1. The molecule has 1 aliphatic heterocycles. The molecule has 0 fully saturated rings. The van der Waals surface area contributed by atoms with Crippen LogP contribution in [-0.4, -0.2) is 36.6 Å². The van der Waals surface area contributed by atoms with Gasteiger partial charge in [0.25, 0.3) is 0 Å². The normalized spacial score (nSPS) is 16.5. The molecule has 2 heterocycles. The van der Waals surface area contributed by atoms with Crippen LogP contribution < -0.4 is 0 Å². The quantitative estimate of drug-likeness (QED) is 0.506. The average Bonchev–Trinajstić information content (AvgIpc) is 3.20. The number of aryl methyl sites for hydroxylation is 3. The molecule has 4 nitrogen and oxygen atoms in total. The molecule has 2 aromatic carbocycles. The van der Waals surface area contributed by atoms with Gasteiger partial charge in [-0.05, 0) is 85.2 Å². The number of nitrogens with zero attached hydrogens (tertiary/aromatic N) is 1. The minimum Gasteiger partial charge on any atom is -0.465 e. The number of ether oxygens (including phenoxy) is 1. The highest BCUT2D eigenvalue weighted by atomic mass is 16.5. The summed E-state index contributed by atoms with van der Waals surface area (Å²) in [6.07, 6.45) is 8.72. The number of esters is 1. The Morgan fingerprint density at radius 3 is 2.71 bits per heavy atom. The van der Waals surface area contributed by atoms with Crippen molar-refractivity contribution in [2.45, 2.75) is 58.4 Å². The Balaban J connectivity index is 1.62. The molecule has 0 spiro atoms. The SMILES string of the molecule is CCCc1cc2c(cc1CC)CCN(C)C2CCc1c[nH]c2ccc(C(=O)OC)cc12. The van der Waals surface area contributed by atoms with E-state index in [4.69, 9.17) is 4.74 Å². The van der Waals surface area contributed by atoms with Gasteiger partial charge >= 0.3 is 5.97 Å². The number of carbonyl (C=O) groups excluding carboxylic acids is 1. The van der Waals surface area contributed by atoms with Crippen molar-refractivity contribution in [1.82, 2.24) is 9.88 Å². The van der Waals surface area contributed by atoms with E-state index in [1.807, 2.05) is 18.2 Å². The standard InChI is InChI=1S/C27H34N2O2/c1-5-7-19-15-24-20(14-18(19)6-2)12-13-29(3)26(24)11-9-22-17-28-25-10-8-21(16-23(22)25)27(30)31-4/h8,10,14-17,26,28H,5-7,9,11-13H2,1-4H3. The minimum atomic E-state index is -0.287. The van der Waals surface area contributed by atoms with E-state index in [0.717, 1.165) is 49.6 Å². The second-order valence-corrected chi connectivity index (χ2v) is 8.77. The maximum Gasteiger partial charge on any atom is 0.337 e. The summed E-state index contributed by atoms with van der Waals surface area (Å²) in [6.45, 7) is 5.64. The predicted molar refractivity (Wildman–Crippen MR) is 127 cm³/mol. The van der Waals surface area contributed by atoms with Crippen molar-refractivity contribution in [2.75, 3.05) is 20.7 Å². The van der Waals surface area contributed by atoms with E-state index in [-0.39, 0.29) is 5.97 Å². The molecule has 0 bridgehead atoms. The highest BCUT2D eigenvalue weighted by molar-refractivity contribution is 5.95. The molecule has 1 atom stereocenters. The van der Waals surface area contributed by atoms with E-state index in [2.05, 4.69) is 49.1 Å². The third-order valence-corrected chi connectivity index (χ3v) is 6.86. The summed E-state index contributed by atoms with van der Waals surface area (Å²) >= 11 is 0. The third kappa shape index (κ3) is 4.27. The van der Waals surface area contributed by atoms with E-state index in [9.17, 15) is 4.79 Å².